The zero-order valence-corrected chi connectivity index (χ0v) is 20.6. The number of likely N-dealkylation sites (tertiary alicyclic amines) is 1. The van der Waals surface area contributed by atoms with Crippen LogP contribution in [0.4, 0.5) is 0 Å². The summed E-state index contributed by atoms with van der Waals surface area (Å²) in [4.78, 5) is 32.7. The molecule has 11 heteroatoms. The molecular formula is C26H28N6O5. The Hall–Kier alpha value is -4.38. The number of Topliss-reactive ketones (excluding diaryl/α,β-unsaturated/α-hetero) is 1. The molecule has 5 N–H and O–H groups in total. The number of nitrogens with one attached hydrogen (secondary N) is 1. The second-order valence-corrected chi connectivity index (χ2v) is 9.08. The van der Waals surface area contributed by atoms with Gasteiger partial charge in [0.15, 0.2) is 11.6 Å². The van der Waals surface area contributed by atoms with E-state index >= 15 is 0 Å². The SMILES string of the molecule is COc1cccc2c(OC)nc(C(=O)N3CCC4(CC3)CC(=O)c3cc(/C(=N/N)NN)ccc3O4)cc12. The molecule has 0 saturated carbocycles. The average molecular weight is 505 g/mol. The van der Waals surface area contributed by atoms with Gasteiger partial charge in [0.2, 0.25) is 5.88 Å². The molecule has 2 aliphatic heterocycles. The Kier molecular flexibility index (Phi) is 6.30. The van der Waals surface area contributed by atoms with Crippen LogP contribution in [-0.4, -0.2) is 60.3 Å². The highest BCUT2D eigenvalue weighted by Crippen LogP contribution is 2.40. The van der Waals surface area contributed by atoms with Gasteiger partial charge in [0.25, 0.3) is 5.91 Å². The number of piperidine rings is 1. The minimum absolute atomic E-state index is 0.0377. The lowest BCUT2D eigenvalue weighted by Crippen LogP contribution is -2.52. The first-order valence-corrected chi connectivity index (χ1v) is 11.8. The Morgan fingerprint density at radius 2 is 1.92 bits per heavy atom. The van der Waals surface area contributed by atoms with Gasteiger partial charge in [0.05, 0.1) is 26.2 Å². The van der Waals surface area contributed by atoms with Crippen LogP contribution >= 0.6 is 0 Å². The quantitative estimate of drug-likeness (QED) is 0.209. The molecule has 11 nitrogen and oxygen atoms in total. The van der Waals surface area contributed by atoms with E-state index in [4.69, 9.17) is 25.9 Å². The monoisotopic (exact) mass is 504 g/mol. The molecule has 0 unspecified atom stereocenters. The van der Waals surface area contributed by atoms with E-state index in [1.807, 2.05) is 18.2 Å². The van der Waals surface area contributed by atoms with E-state index in [0.29, 0.717) is 54.4 Å². The topological polar surface area (TPSA) is 154 Å². The van der Waals surface area contributed by atoms with Gasteiger partial charge in [0, 0.05) is 42.3 Å². The third-order valence-electron chi connectivity index (χ3n) is 7.02. The van der Waals surface area contributed by atoms with Crippen LogP contribution in [0.5, 0.6) is 17.4 Å². The van der Waals surface area contributed by atoms with Gasteiger partial charge in [-0.25, -0.2) is 10.8 Å². The van der Waals surface area contributed by atoms with Gasteiger partial charge in [-0.2, -0.15) is 5.10 Å². The largest absolute Gasteiger partial charge is 0.496 e. The first-order chi connectivity index (χ1) is 17.9. The summed E-state index contributed by atoms with van der Waals surface area (Å²) < 4.78 is 17.3. The van der Waals surface area contributed by atoms with Crippen LogP contribution < -0.4 is 31.3 Å². The maximum absolute atomic E-state index is 13.4. The summed E-state index contributed by atoms with van der Waals surface area (Å²) in [6.07, 6.45) is 1.25. The third-order valence-corrected chi connectivity index (χ3v) is 7.02. The molecule has 3 heterocycles. The first-order valence-electron chi connectivity index (χ1n) is 11.8. The number of carbonyl (C=O) groups excluding carboxylic acids is 2. The third kappa shape index (κ3) is 4.27. The molecule has 0 radical (unpaired) electrons. The summed E-state index contributed by atoms with van der Waals surface area (Å²) in [5.41, 5.74) is 3.06. The number of hydrogen-bond acceptors (Lipinski definition) is 9. The van der Waals surface area contributed by atoms with E-state index in [0.717, 1.165) is 10.8 Å². The van der Waals surface area contributed by atoms with Crippen LogP contribution in [-0.2, 0) is 0 Å². The number of methoxy groups -OCH3 is 2. The van der Waals surface area contributed by atoms with Crippen molar-refractivity contribution in [2.45, 2.75) is 24.9 Å². The predicted octanol–water partition coefficient (Wildman–Crippen LogP) is 1.98. The molecule has 1 fully saturated rings. The number of carbonyl (C=O) groups is 2. The maximum Gasteiger partial charge on any atom is 0.272 e. The number of nitrogens with two attached hydrogens (primary N) is 2. The van der Waals surface area contributed by atoms with Crippen molar-refractivity contribution in [3.63, 3.8) is 0 Å². The van der Waals surface area contributed by atoms with Crippen molar-refractivity contribution in [2.75, 3.05) is 27.3 Å². The Labute approximate surface area is 213 Å². The number of amidine groups is 1. The van der Waals surface area contributed by atoms with E-state index in [1.165, 1.54) is 7.11 Å². The second-order valence-electron chi connectivity index (χ2n) is 9.08. The standard InChI is InChI=1S/C26H28N6O5/c1-35-21-5-3-4-16-17(21)13-19(29-24(16)36-2)25(34)32-10-8-26(9-11-32)14-20(33)18-12-15(23(30-27)31-28)6-7-22(18)37-26/h3-7,12-13H,8-11,14,27-28H2,1-2H3,(H,30,31). The van der Waals surface area contributed by atoms with Crippen LogP contribution in [0.2, 0.25) is 0 Å². The Bertz CT molecular complexity index is 1410. The van der Waals surface area contributed by atoms with E-state index in [2.05, 4.69) is 15.5 Å². The Balaban J connectivity index is 1.35. The first kappa shape index (κ1) is 24.3. The molecule has 192 valence electrons. The van der Waals surface area contributed by atoms with Crippen LogP contribution in [0.1, 0.15) is 45.7 Å². The lowest BCUT2D eigenvalue weighted by Gasteiger charge is -2.44. The summed E-state index contributed by atoms with van der Waals surface area (Å²) >= 11 is 0. The van der Waals surface area contributed by atoms with Crippen molar-refractivity contribution in [3.8, 4) is 17.4 Å². The average Bonchev–Trinajstić information content (AvgIpc) is 2.93. The molecule has 0 bridgehead atoms. The van der Waals surface area contributed by atoms with Crippen LogP contribution in [0.3, 0.4) is 0 Å². The van der Waals surface area contributed by atoms with E-state index in [-0.39, 0.29) is 29.6 Å². The Morgan fingerprint density at radius 1 is 1.14 bits per heavy atom. The van der Waals surface area contributed by atoms with Gasteiger partial charge in [-0.1, -0.05) is 6.07 Å². The molecule has 1 saturated heterocycles. The van der Waals surface area contributed by atoms with Crippen molar-refractivity contribution in [3.05, 3.63) is 59.3 Å². The molecule has 2 aliphatic rings. The van der Waals surface area contributed by atoms with Crippen LogP contribution in [0.25, 0.3) is 10.8 Å². The van der Waals surface area contributed by atoms with Gasteiger partial charge in [-0.3, -0.25) is 9.59 Å². The Morgan fingerprint density at radius 3 is 2.59 bits per heavy atom. The van der Waals surface area contributed by atoms with Gasteiger partial charge in [-0.15, -0.1) is 0 Å². The maximum atomic E-state index is 13.4. The molecule has 1 aromatic heterocycles. The second kappa shape index (κ2) is 9.58. The lowest BCUT2D eigenvalue weighted by molar-refractivity contribution is -0.00586. The molecule has 5 rings (SSSR count). The fourth-order valence-electron chi connectivity index (χ4n) is 5.06. The highest BCUT2D eigenvalue weighted by Gasteiger charge is 2.44. The summed E-state index contributed by atoms with van der Waals surface area (Å²) in [7, 11) is 3.10. The number of amides is 1. The van der Waals surface area contributed by atoms with Crippen molar-refractivity contribution in [2.24, 2.45) is 16.8 Å². The van der Waals surface area contributed by atoms with Crippen molar-refractivity contribution in [1.82, 2.24) is 15.3 Å². The number of benzene rings is 2. The summed E-state index contributed by atoms with van der Waals surface area (Å²) in [6.45, 7) is 0.850. The summed E-state index contributed by atoms with van der Waals surface area (Å²) in [6, 6.07) is 12.4. The van der Waals surface area contributed by atoms with Crippen molar-refractivity contribution >= 4 is 28.3 Å². The van der Waals surface area contributed by atoms with E-state index < -0.39 is 5.60 Å². The molecule has 0 aliphatic carbocycles. The summed E-state index contributed by atoms with van der Waals surface area (Å²) in [5.74, 6) is 12.3. The summed E-state index contributed by atoms with van der Waals surface area (Å²) in [5, 5.41) is 5.10. The minimum Gasteiger partial charge on any atom is -0.496 e. The van der Waals surface area contributed by atoms with Gasteiger partial charge < -0.3 is 30.4 Å². The number of aromatic nitrogens is 1. The molecular weight excluding hydrogens is 476 g/mol. The van der Waals surface area contributed by atoms with Crippen molar-refractivity contribution in [1.29, 1.82) is 0 Å². The number of fused-ring (bicyclic) bond motifs is 2. The molecule has 1 spiro atoms. The highest BCUT2D eigenvalue weighted by atomic mass is 16.5. The number of hydrogen-bond donors (Lipinski definition) is 3. The minimum atomic E-state index is -0.670. The fourth-order valence-corrected chi connectivity index (χ4v) is 5.06. The molecule has 37 heavy (non-hydrogen) atoms. The zero-order chi connectivity index (χ0) is 26.2. The molecule has 3 aromatic rings. The number of rotatable bonds is 4. The number of pyridine rings is 1. The predicted molar refractivity (Wildman–Crippen MR) is 137 cm³/mol. The fraction of sp³-hybridized carbons (Fsp3) is 0.308. The number of hydrazone groups is 1. The molecule has 1 amide bonds. The van der Waals surface area contributed by atoms with Gasteiger partial charge in [-0.05, 0) is 36.4 Å². The zero-order valence-electron chi connectivity index (χ0n) is 20.6. The number of nitrogens with zero attached hydrogens (tertiary/aromatic N) is 3. The van der Waals surface area contributed by atoms with Crippen LogP contribution in [0.15, 0.2) is 47.6 Å². The van der Waals surface area contributed by atoms with Crippen LogP contribution in [0, 0.1) is 0 Å². The van der Waals surface area contributed by atoms with Gasteiger partial charge in [0.1, 0.15) is 22.8 Å². The molecule has 0 atom stereocenters. The smallest absolute Gasteiger partial charge is 0.272 e. The number of hydrazine groups is 1. The lowest BCUT2D eigenvalue weighted by atomic mass is 9.82. The normalized spacial score (nSPS) is 16.8. The number of ether oxygens (including phenoxy) is 3. The molecule has 2 aromatic carbocycles. The van der Waals surface area contributed by atoms with E-state index in [9.17, 15) is 9.59 Å². The number of ketones is 1. The van der Waals surface area contributed by atoms with Crippen molar-refractivity contribution < 1.29 is 23.8 Å². The highest BCUT2D eigenvalue weighted by molar-refractivity contribution is 6.05. The van der Waals surface area contributed by atoms with E-state index in [1.54, 1.807) is 36.3 Å². The van der Waals surface area contributed by atoms with Gasteiger partial charge >= 0.3 is 0 Å².